The number of carbonyl (C=O) groups is 2. The third kappa shape index (κ3) is 4.88. The number of nitrogens with one attached hydrogen (secondary N) is 1. The fourth-order valence-corrected chi connectivity index (χ4v) is 2.85. The van der Waals surface area contributed by atoms with E-state index in [0.29, 0.717) is 15.7 Å². The van der Waals surface area contributed by atoms with E-state index in [2.05, 4.69) is 27.5 Å². The molecule has 0 radical (unpaired) electrons. The predicted molar refractivity (Wildman–Crippen MR) is 104 cm³/mol. The van der Waals surface area contributed by atoms with Crippen molar-refractivity contribution in [2.75, 3.05) is 13.7 Å². The van der Waals surface area contributed by atoms with Crippen molar-refractivity contribution in [1.29, 1.82) is 0 Å². The van der Waals surface area contributed by atoms with E-state index >= 15 is 0 Å². The van der Waals surface area contributed by atoms with Crippen LogP contribution in [0.4, 0.5) is 4.79 Å². The van der Waals surface area contributed by atoms with Crippen LogP contribution in [0.1, 0.15) is 36.8 Å². The van der Waals surface area contributed by atoms with Crippen LogP contribution in [-0.2, 0) is 16.0 Å². The first kappa shape index (κ1) is 20.0. The van der Waals surface area contributed by atoms with Gasteiger partial charge >= 0.3 is 12.1 Å². The summed E-state index contributed by atoms with van der Waals surface area (Å²) < 4.78 is 11.0. The Labute approximate surface area is 161 Å². The van der Waals surface area contributed by atoms with E-state index in [1.54, 1.807) is 20.8 Å². The van der Waals surface area contributed by atoms with Crippen LogP contribution < -0.4 is 0 Å². The van der Waals surface area contributed by atoms with Gasteiger partial charge < -0.3 is 14.5 Å². The van der Waals surface area contributed by atoms with E-state index in [1.807, 2.05) is 24.3 Å². The summed E-state index contributed by atoms with van der Waals surface area (Å²) in [4.78, 5) is 29.4. The third-order valence-corrected chi connectivity index (χ3v) is 3.82. The van der Waals surface area contributed by atoms with Crippen molar-refractivity contribution >= 4 is 38.9 Å². The number of hydrogen-bond donors (Lipinski definition) is 1. The molecule has 0 aliphatic rings. The van der Waals surface area contributed by atoms with Gasteiger partial charge in [-0.25, -0.2) is 9.59 Å². The Morgan fingerprint density at radius 1 is 1.27 bits per heavy atom. The SMILES string of the molecule is C=C(Br)CN(Cc1c(C(=O)OC)[nH]c2ccccc12)C(=O)OC(C)(C)C. The largest absolute Gasteiger partial charge is 0.464 e. The fraction of sp³-hybridized carbons (Fsp3) is 0.368. The minimum Gasteiger partial charge on any atom is -0.464 e. The number of hydrogen-bond acceptors (Lipinski definition) is 4. The average Bonchev–Trinajstić information content (AvgIpc) is 2.90. The zero-order chi connectivity index (χ0) is 19.5. The molecule has 1 heterocycles. The Morgan fingerprint density at radius 3 is 2.50 bits per heavy atom. The number of esters is 1. The summed E-state index contributed by atoms with van der Waals surface area (Å²) in [6.07, 6.45) is -0.487. The van der Waals surface area contributed by atoms with Crippen LogP contribution >= 0.6 is 15.9 Å². The van der Waals surface area contributed by atoms with Crippen molar-refractivity contribution in [3.05, 3.63) is 46.6 Å². The van der Waals surface area contributed by atoms with Crippen LogP contribution in [0, 0.1) is 0 Å². The number of aromatic amines is 1. The molecule has 6 nitrogen and oxygen atoms in total. The molecule has 0 saturated carbocycles. The molecular formula is C19H23BrN2O4. The van der Waals surface area contributed by atoms with Gasteiger partial charge in [-0.3, -0.25) is 4.90 Å². The van der Waals surface area contributed by atoms with Gasteiger partial charge in [0.2, 0.25) is 0 Å². The highest BCUT2D eigenvalue weighted by atomic mass is 79.9. The fourth-order valence-electron chi connectivity index (χ4n) is 2.55. The molecule has 0 aliphatic heterocycles. The molecular weight excluding hydrogens is 400 g/mol. The lowest BCUT2D eigenvalue weighted by molar-refractivity contribution is 0.0253. The van der Waals surface area contributed by atoms with Crippen molar-refractivity contribution in [1.82, 2.24) is 9.88 Å². The number of nitrogens with zero attached hydrogens (tertiary/aromatic N) is 1. The van der Waals surface area contributed by atoms with Crippen molar-refractivity contribution < 1.29 is 19.1 Å². The first-order valence-electron chi connectivity index (χ1n) is 8.11. The first-order chi connectivity index (χ1) is 12.1. The Morgan fingerprint density at radius 2 is 1.92 bits per heavy atom. The number of aromatic nitrogens is 1. The van der Waals surface area contributed by atoms with Gasteiger partial charge in [0.1, 0.15) is 11.3 Å². The van der Waals surface area contributed by atoms with Gasteiger partial charge in [-0.05, 0) is 26.8 Å². The van der Waals surface area contributed by atoms with E-state index in [-0.39, 0.29) is 13.1 Å². The maximum atomic E-state index is 12.6. The number of H-pyrrole nitrogens is 1. The summed E-state index contributed by atoms with van der Waals surface area (Å²) in [7, 11) is 1.32. The van der Waals surface area contributed by atoms with Crippen molar-refractivity contribution in [2.24, 2.45) is 0 Å². The molecule has 2 rings (SSSR count). The maximum Gasteiger partial charge on any atom is 0.410 e. The lowest BCUT2D eigenvalue weighted by atomic mass is 10.1. The van der Waals surface area contributed by atoms with Crippen LogP contribution in [0.15, 0.2) is 35.3 Å². The van der Waals surface area contributed by atoms with Crippen molar-refractivity contribution in [3.8, 4) is 0 Å². The lowest BCUT2D eigenvalue weighted by Gasteiger charge is -2.27. The molecule has 1 aromatic heterocycles. The van der Waals surface area contributed by atoms with E-state index in [1.165, 1.54) is 12.0 Å². The average molecular weight is 423 g/mol. The lowest BCUT2D eigenvalue weighted by Crippen LogP contribution is -2.37. The van der Waals surface area contributed by atoms with Gasteiger partial charge in [0.25, 0.3) is 0 Å². The minimum absolute atomic E-state index is 0.175. The monoisotopic (exact) mass is 422 g/mol. The minimum atomic E-state index is -0.631. The molecule has 0 atom stereocenters. The molecule has 0 fully saturated rings. The Balaban J connectivity index is 2.45. The zero-order valence-electron chi connectivity index (χ0n) is 15.4. The molecule has 140 valence electrons. The molecule has 26 heavy (non-hydrogen) atoms. The normalized spacial score (nSPS) is 11.3. The molecule has 1 amide bonds. The van der Waals surface area contributed by atoms with Gasteiger partial charge in [-0.15, -0.1) is 0 Å². The van der Waals surface area contributed by atoms with Gasteiger partial charge in [0.15, 0.2) is 0 Å². The van der Waals surface area contributed by atoms with Crippen LogP contribution in [0.2, 0.25) is 0 Å². The van der Waals surface area contributed by atoms with E-state index < -0.39 is 17.7 Å². The summed E-state index contributed by atoms with van der Waals surface area (Å²) in [5.41, 5.74) is 1.16. The second kappa shape index (κ2) is 7.95. The zero-order valence-corrected chi connectivity index (χ0v) is 17.0. The number of carbonyl (C=O) groups excluding carboxylic acids is 2. The number of ether oxygens (including phenoxy) is 2. The molecule has 0 aliphatic carbocycles. The van der Waals surface area contributed by atoms with Crippen molar-refractivity contribution in [2.45, 2.75) is 32.9 Å². The second-order valence-corrected chi connectivity index (χ2v) is 7.99. The smallest absolute Gasteiger partial charge is 0.410 e. The van der Waals surface area contributed by atoms with Crippen LogP contribution in [0.25, 0.3) is 10.9 Å². The Hall–Kier alpha value is -2.28. The molecule has 0 saturated heterocycles. The Kier molecular flexibility index (Phi) is 6.13. The molecule has 1 aromatic carbocycles. The summed E-state index contributed by atoms with van der Waals surface area (Å²) >= 11 is 3.29. The first-order valence-corrected chi connectivity index (χ1v) is 8.90. The molecule has 2 aromatic rings. The third-order valence-electron chi connectivity index (χ3n) is 3.57. The van der Waals surface area contributed by atoms with E-state index in [4.69, 9.17) is 9.47 Å². The number of rotatable bonds is 5. The number of para-hydroxylation sites is 1. The topological polar surface area (TPSA) is 71.6 Å². The van der Waals surface area contributed by atoms with Crippen LogP contribution in [0.5, 0.6) is 0 Å². The highest BCUT2D eigenvalue weighted by molar-refractivity contribution is 9.11. The van der Waals surface area contributed by atoms with Gasteiger partial charge in [-0.1, -0.05) is 40.7 Å². The van der Waals surface area contributed by atoms with E-state index in [0.717, 1.165) is 10.9 Å². The summed E-state index contributed by atoms with van der Waals surface area (Å²) in [6, 6.07) is 7.51. The van der Waals surface area contributed by atoms with Crippen LogP contribution in [0.3, 0.4) is 0 Å². The summed E-state index contributed by atoms with van der Waals surface area (Å²) in [5.74, 6) is -0.488. The molecule has 1 N–H and O–H groups in total. The van der Waals surface area contributed by atoms with Gasteiger partial charge in [0, 0.05) is 20.9 Å². The standard InChI is InChI=1S/C19H23BrN2O4/c1-12(20)10-22(18(24)26-19(2,3)4)11-14-13-8-6-7-9-15(13)21-16(14)17(23)25-5/h6-9,21H,1,10-11H2,2-5H3. The number of benzene rings is 1. The maximum absolute atomic E-state index is 12.6. The number of methoxy groups -OCH3 is 1. The number of fused-ring (bicyclic) bond motifs is 1. The Bertz CT molecular complexity index is 836. The van der Waals surface area contributed by atoms with Gasteiger partial charge in [-0.2, -0.15) is 0 Å². The van der Waals surface area contributed by atoms with E-state index in [9.17, 15) is 9.59 Å². The van der Waals surface area contributed by atoms with Gasteiger partial charge in [0.05, 0.1) is 20.2 Å². The van der Waals surface area contributed by atoms with Crippen molar-refractivity contribution in [3.63, 3.8) is 0 Å². The quantitative estimate of drug-likeness (QED) is 0.714. The summed E-state index contributed by atoms with van der Waals surface area (Å²) in [6.45, 7) is 9.64. The molecule has 0 bridgehead atoms. The summed E-state index contributed by atoms with van der Waals surface area (Å²) in [5, 5.41) is 0.849. The molecule has 7 heteroatoms. The molecule has 0 spiro atoms. The predicted octanol–water partition coefficient (Wildman–Crippen LogP) is 4.60. The number of amides is 1. The highest BCUT2D eigenvalue weighted by Gasteiger charge is 2.26. The number of halogens is 1. The molecule has 0 unspecified atom stereocenters. The second-order valence-electron chi connectivity index (χ2n) is 6.87. The highest BCUT2D eigenvalue weighted by Crippen LogP contribution is 2.26. The van der Waals surface area contributed by atoms with Crippen LogP contribution in [-0.4, -0.2) is 41.2 Å².